The summed E-state index contributed by atoms with van der Waals surface area (Å²) in [6.45, 7) is 2.02. The van der Waals surface area contributed by atoms with Gasteiger partial charge >= 0.3 is 0 Å². The average molecular weight is 224 g/mol. The molecule has 84 valence electrons. The summed E-state index contributed by atoms with van der Waals surface area (Å²) in [4.78, 5) is 4.12. The molecular weight excluding hydrogens is 212 g/mol. The van der Waals surface area contributed by atoms with Crippen LogP contribution in [0.1, 0.15) is 11.3 Å². The zero-order valence-corrected chi connectivity index (χ0v) is 9.44. The van der Waals surface area contributed by atoms with Crippen LogP contribution in [-0.2, 0) is 0 Å². The van der Waals surface area contributed by atoms with Gasteiger partial charge in [-0.15, -0.1) is 0 Å². The van der Waals surface area contributed by atoms with Crippen LogP contribution in [0.5, 0.6) is 0 Å². The minimum Gasteiger partial charge on any atom is -0.396 e. The van der Waals surface area contributed by atoms with Crippen LogP contribution in [0.15, 0.2) is 36.4 Å². The number of nitriles is 1. The molecule has 0 fully saturated rings. The van der Waals surface area contributed by atoms with Crippen molar-refractivity contribution in [3.05, 3.63) is 47.7 Å². The lowest BCUT2D eigenvalue weighted by Gasteiger charge is -2.07. The number of anilines is 3. The van der Waals surface area contributed by atoms with Gasteiger partial charge < -0.3 is 11.1 Å². The van der Waals surface area contributed by atoms with E-state index >= 15 is 0 Å². The van der Waals surface area contributed by atoms with Gasteiger partial charge in [0.25, 0.3) is 0 Å². The minimum atomic E-state index is 0.239. The monoisotopic (exact) mass is 224 g/mol. The van der Waals surface area contributed by atoms with E-state index in [-0.39, 0.29) is 5.69 Å². The van der Waals surface area contributed by atoms with Gasteiger partial charge in [-0.3, -0.25) is 0 Å². The van der Waals surface area contributed by atoms with Crippen molar-refractivity contribution in [2.24, 2.45) is 0 Å². The van der Waals surface area contributed by atoms with Crippen molar-refractivity contribution in [2.45, 2.75) is 6.92 Å². The summed E-state index contributed by atoms with van der Waals surface area (Å²) in [7, 11) is 0. The first kappa shape index (κ1) is 11.0. The molecule has 4 heteroatoms. The molecular formula is C13H12N4. The van der Waals surface area contributed by atoms with Gasteiger partial charge in [0.15, 0.2) is 5.69 Å². The second-order valence-corrected chi connectivity index (χ2v) is 3.74. The molecule has 0 aliphatic rings. The molecule has 0 amide bonds. The Kier molecular flexibility index (Phi) is 2.93. The Labute approximate surface area is 99.7 Å². The Hall–Kier alpha value is -2.54. The predicted octanol–water partition coefficient (Wildman–Crippen LogP) is 2.59. The van der Waals surface area contributed by atoms with Gasteiger partial charge in [0.2, 0.25) is 0 Å². The summed E-state index contributed by atoms with van der Waals surface area (Å²) in [6, 6.07) is 13.3. The van der Waals surface area contributed by atoms with Crippen molar-refractivity contribution >= 4 is 17.2 Å². The standard InChI is InChI=1S/C13H12N4/c1-9-3-2-4-10(7-9)16-13-6-5-11(15)12(8-14)17-13/h2-7H,15H2,1H3,(H,16,17). The number of hydrogen-bond acceptors (Lipinski definition) is 4. The van der Waals surface area contributed by atoms with Crippen molar-refractivity contribution in [2.75, 3.05) is 11.1 Å². The fourth-order valence-electron chi connectivity index (χ4n) is 1.50. The maximum absolute atomic E-state index is 8.83. The summed E-state index contributed by atoms with van der Waals surface area (Å²) in [5, 5.41) is 12.0. The SMILES string of the molecule is Cc1cccc(Nc2ccc(N)c(C#N)n2)c1. The van der Waals surface area contributed by atoms with Gasteiger partial charge in [0.05, 0.1) is 5.69 Å². The number of aryl methyl sites for hydroxylation is 1. The van der Waals surface area contributed by atoms with E-state index in [0.717, 1.165) is 11.3 Å². The maximum Gasteiger partial charge on any atom is 0.165 e. The summed E-state index contributed by atoms with van der Waals surface area (Å²) in [6.07, 6.45) is 0. The normalized spacial score (nSPS) is 9.65. The molecule has 0 aliphatic heterocycles. The van der Waals surface area contributed by atoms with Gasteiger partial charge in [0, 0.05) is 5.69 Å². The maximum atomic E-state index is 8.83. The third-order valence-corrected chi connectivity index (χ3v) is 2.32. The average Bonchev–Trinajstić information content (AvgIpc) is 2.32. The molecule has 0 aliphatic carbocycles. The molecule has 0 bridgehead atoms. The van der Waals surface area contributed by atoms with E-state index in [4.69, 9.17) is 11.0 Å². The Morgan fingerprint density at radius 3 is 2.82 bits per heavy atom. The van der Waals surface area contributed by atoms with Gasteiger partial charge in [-0.2, -0.15) is 5.26 Å². The number of aromatic nitrogens is 1. The zero-order valence-electron chi connectivity index (χ0n) is 9.44. The van der Waals surface area contributed by atoms with Crippen LogP contribution in [0, 0.1) is 18.3 Å². The second-order valence-electron chi connectivity index (χ2n) is 3.74. The Morgan fingerprint density at radius 2 is 2.12 bits per heavy atom. The number of benzene rings is 1. The first-order valence-electron chi connectivity index (χ1n) is 5.19. The number of nitrogens with two attached hydrogens (primary N) is 1. The summed E-state index contributed by atoms with van der Waals surface area (Å²) < 4.78 is 0. The fourth-order valence-corrected chi connectivity index (χ4v) is 1.50. The number of nitrogens with zero attached hydrogens (tertiary/aromatic N) is 2. The fraction of sp³-hybridized carbons (Fsp3) is 0.0769. The highest BCUT2D eigenvalue weighted by atomic mass is 15.0. The molecule has 4 nitrogen and oxygen atoms in total. The number of hydrogen-bond donors (Lipinski definition) is 2. The zero-order chi connectivity index (χ0) is 12.3. The van der Waals surface area contributed by atoms with Crippen LogP contribution < -0.4 is 11.1 Å². The summed E-state index contributed by atoms with van der Waals surface area (Å²) >= 11 is 0. The third-order valence-electron chi connectivity index (χ3n) is 2.32. The smallest absolute Gasteiger partial charge is 0.165 e. The van der Waals surface area contributed by atoms with Crippen molar-refractivity contribution < 1.29 is 0 Å². The molecule has 1 aromatic heterocycles. The molecule has 2 aromatic rings. The molecule has 3 N–H and O–H groups in total. The predicted molar refractivity (Wildman–Crippen MR) is 67.8 cm³/mol. The van der Waals surface area contributed by atoms with E-state index in [1.54, 1.807) is 12.1 Å². The molecule has 0 unspecified atom stereocenters. The van der Waals surface area contributed by atoms with Crippen molar-refractivity contribution in [1.29, 1.82) is 5.26 Å². The van der Waals surface area contributed by atoms with E-state index < -0.39 is 0 Å². The first-order chi connectivity index (χ1) is 8.19. The molecule has 1 aromatic carbocycles. The molecule has 0 spiro atoms. The summed E-state index contributed by atoms with van der Waals surface area (Å²) in [5.41, 5.74) is 8.33. The number of nitrogens with one attached hydrogen (secondary N) is 1. The van der Waals surface area contributed by atoms with Gasteiger partial charge in [0.1, 0.15) is 11.9 Å². The van der Waals surface area contributed by atoms with Crippen LogP contribution in [0.2, 0.25) is 0 Å². The quantitative estimate of drug-likeness (QED) is 0.822. The molecule has 17 heavy (non-hydrogen) atoms. The van der Waals surface area contributed by atoms with Crippen molar-refractivity contribution in [3.63, 3.8) is 0 Å². The number of rotatable bonds is 2. The first-order valence-corrected chi connectivity index (χ1v) is 5.19. The second kappa shape index (κ2) is 4.54. The molecule has 0 atom stereocenters. The molecule has 1 heterocycles. The van der Waals surface area contributed by atoms with Crippen LogP contribution in [0.3, 0.4) is 0 Å². The van der Waals surface area contributed by atoms with Crippen molar-refractivity contribution in [3.8, 4) is 6.07 Å². The van der Waals surface area contributed by atoms with E-state index in [0.29, 0.717) is 11.5 Å². The van der Waals surface area contributed by atoms with E-state index in [1.165, 1.54) is 0 Å². The van der Waals surface area contributed by atoms with Crippen LogP contribution in [0.4, 0.5) is 17.2 Å². The van der Waals surface area contributed by atoms with Gasteiger partial charge in [-0.05, 0) is 36.8 Å². The largest absolute Gasteiger partial charge is 0.396 e. The van der Waals surface area contributed by atoms with Gasteiger partial charge in [-0.25, -0.2) is 4.98 Å². The lowest BCUT2D eigenvalue weighted by Crippen LogP contribution is -1.99. The molecule has 0 radical (unpaired) electrons. The topological polar surface area (TPSA) is 74.7 Å². The molecule has 0 saturated carbocycles. The Balaban J connectivity index is 2.28. The van der Waals surface area contributed by atoms with Crippen LogP contribution in [-0.4, -0.2) is 4.98 Å². The summed E-state index contributed by atoms with van der Waals surface area (Å²) in [5.74, 6) is 0.612. The lowest BCUT2D eigenvalue weighted by atomic mass is 10.2. The molecule has 0 saturated heterocycles. The highest BCUT2D eigenvalue weighted by Crippen LogP contribution is 2.18. The van der Waals surface area contributed by atoms with E-state index in [2.05, 4.69) is 10.3 Å². The van der Waals surface area contributed by atoms with Crippen molar-refractivity contribution in [1.82, 2.24) is 4.98 Å². The lowest BCUT2D eigenvalue weighted by molar-refractivity contribution is 1.26. The van der Waals surface area contributed by atoms with Crippen LogP contribution >= 0.6 is 0 Å². The number of pyridine rings is 1. The highest BCUT2D eigenvalue weighted by Gasteiger charge is 2.02. The highest BCUT2D eigenvalue weighted by molar-refractivity contribution is 5.61. The molecule has 2 rings (SSSR count). The van der Waals surface area contributed by atoms with Crippen LogP contribution in [0.25, 0.3) is 0 Å². The Bertz CT molecular complexity index is 584. The number of nitrogen functional groups attached to an aromatic ring is 1. The van der Waals surface area contributed by atoms with Gasteiger partial charge in [-0.1, -0.05) is 12.1 Å². The minimum absolute atomic E-state index is 0.239. The third kappa shape index (κ3) is 2.52. The Morgan fingerprint density at radius 1 is 1.29 bits per heavy atom. The van der Waals surface area contributed by atoms with E-state index in [9.17, 15) is 0 Å². The van der Waals surface area contributed by atoms with E-state index in [1.807, 2.05) is 37.3 Å².